The number of hydrogen-bond acceptors (Lipinski definition) is 3. The number of halogens is 1. The van der Waals surface area contributed by atoms with Gasteiger partial charge in [-0.15, -0.1) is 0 Å². The third-order valence-electron chi connectivity index (χ3n) is 3.51. The lowest BCUT2D eigenvalue weighted by Gasteiger charge is -2.10. The molecule has 0 fully saturated rings. The Morgan fingerprint density at radius 1 is 1.08 bits per heavy atom. The molecule has 3 rings (SSSR count). The Kier molecular flexibility index (Phi) is 5.23. The monoisotopic (exact) mass is 341 g/mol. The van der Waals surface area contributed by atoms with E-state index in [1.807, 2.05) is 29.6 Å². The number of nitrogens with one attached hydrogen (secondary N) is 1. The molecule has 24 heavy (non-hydrogen) atoms. The summed E-state index contributed by atoms with van der Waals surface area (Å²) in [7, 11) is 0. The van der Waals surface area contributed by atoms with Crippen LogP contribution in [0.25, 0.3) is 11.1 Å². The minimum Gasteiger partial charge on any atom is -0.484 e. The first-order valence-electron chi connectivity index (χ1n) is 7.48. The van der Waals surface area contributed by atoms with Gasteiger partial charge < -0.3 is 10.1 Å². The van der Waals surface area contributed by atoms with Crippen LogP contribution in [0.2, 0.25) is 0 Å². The van der Waals surface area contributed by atoms with Crippen molar-refractivity contribution in [2.45, 2.75) is 6.54 Å². The Morgan fingerprint density at radius 2 is 1.88 bits per heavy atom. The summed E-state index contributed by atoms with van der Waals surface area (Å²) in [4.78, 5) is 11.9. The fraction of sp³-hybridized carbons (Fsp3) is 0.105. The van der Waals surface area contributed by atoms with Crippen LogP contribution >= 0.6 is 11.3 Å². The first kappa shape index (κ1) is 16.2. The SMILES string of the molecule is O=C(COc1ccc(F)cc1)NCc1ccccc1-c1ccsc1. The molecule has 0 saturated carbocycles. The summed E-state index contributed by atoms with van der Waals surface area (Å²) in [6.45, 7) is 0.323. The molecule has 0 spiro atoms. The van der Waals surface area contributed by atoms with Crippen molar-refractivity contribution in [3.05, 3.63) is 76.7 Å². The number of thiophene rings is 1. The quantitative estimate of drug-likeness (QED) is 0.728. The van der Waals surface area contributed by atoms with Crippen molar-refractivity contribution >= 4 is 17.2 Å². The fourth-order valence-electron chi connectivity index (χ4n) is 2.30. The zero-order valence-corrected chi connectivity index (χ0v) is 13.7. The van der Waals surface area contributed by atoms with Crippen LogP contribution in [0.3, 0.4) is 0 Å². The third-order valence-corrected chi connectivity index (χ3v) is 4.19. The molecule has 0 bridgehead atoms. The molecule has 1 aromatic heterocycles. The molecule has 0 aliphatic carbocycles. The molecule has 3 nitrogen and oxygen atoms in total. The largest absolute Gasteiger partial charge is 0.484 e. The number of ether oxygens (including phenoxy) is 1. The number of amides is 1. The average molecular weight is 341 g/mol. The number of benzene rings is 2. The predicted molar refractivity (Wildman–Crippen MR) is 93.5 cm³/mol. The van der Waals surface area contributed by atoms with Gasteiger partial charge in [-0.05, 0) is 57.8 Å². The molecule has 122 valence electrons. The molecule has 5 heteroatoms. The van der Waals surface area contributed by atoms with Gasteiger partial charge in [-0.25, -0.2) is 4.39 Å². The fourth-order valence-corrected chi connectivity index (χ4v) is 2.95. The van der Waals surface area contributed by atoms with Crippen LogP contribution in [-0.4, -0.2) is 12.5 Å². The first-order valence-corrected chi connectivity index (χ1v) is 8.42. The van der Waals surface area contributed by atoms with E-state index in [1.165, 1.54) is 24.3 Å². The van der Waals surface area contributed by atoms with E-state index in [-0.39, 0.29) is 18.3 Å². The van der Waals surface area contributed by atoms with Crippen LogP contribution in [0.1, 0.15) is 5.56 Å². The lowest BCUT2D eigenvalue weighted by molar-refractivity contribution is -0.123. The van der Waals surface area contributed by atoms with E-state index in [1.54, 1.807) is 11.3 Å². The molecule has 0 unspecified atom stereocenters. The molecule has 0 aliphatic heterocycles. The summed E-state index contributed by atoms with van der Waals surface area (Å²) in [6, 6.07) is 15.6. The maximum atomic E-state index is 12.8. The standard InChI is InChI=1S/C19H16FNO2S/c20-16-5-7-17(8-6-16)23-12-19(22)21-11-14-3-1-2-4-18(14)15-9-10-24-13-15/h1-10,13H,11-12H2,(H,21,22). The highest BCUT2D eigenvalue weighted by Crippen LogP contribution is 2.25. The van der Waals surface area contributed by atoms with Gasteiger partial charge in [0.2, 0.25) is 0 Å². The van der Waals surface area contributed by atoms with Crippen LogP contribution in [0, 0.1) is 5.82 Å². The van der Waals surface area contributed by atoms with E-state index < -0.39 is 0 Å². The van der Waals surface area contributed by atoms with Gasteiger partial charge in [-0.3, -0.25) is 4.79 Å². The second-order valence-electron chi connectivity index (χ2n) is 5.19. The van der Waals surface area contributed by atoms with Gasteiger partial charge in [0.05, 0.1) is 0 Å². The van der Waals surface area contributed by atoms with E-state index in [9.17, 15) is 9.18 Å². The molecular weight excluding hydrogens is 325 g/mol. The van der Waals surface area contributed by atoms with Crippen molar-refractivity contribution < 1.29 is 13.9 Å². The maximum absolute atomic E-state index is 12.8. The van der Waals surface area contributed by atoms with Crippen LogP contribution in [0.15, 0.2) is 65.4 Å². The van der Waals surface area contributed by atoms with Gasteiger partial charge >= 0.3 is 0 Å². The smallest absolute Gasteiger partial charge is 0.258 e. The van der Waals surface area contributed by atoms with E-state index in [0.29, 0.717) is 12.3 Å². The molecule has 1 N–H and O–H groups in total. The average Bonchev–Trinajstić information content (AvgIpc) is 3.14. The molecule has 2 aromatic carbocycles. The van der Waals surface area contributed by atoms with E-state index in [0.717, 1.165) is 16.7 Å². The Morgan fingerprint density at radius 3 is 2.62 bits per heavy atom. The summed E-state index contributed by atoms with van der Waals surface area (Å²) in [5, 5.41) is 6.96. The Bertz CT molecular complexity index is 800. The second kappa shape index (κ2) is 7.75. The summed E-state index contributed by atoms with van der Waals surface area (Å²) in [5.74, 6) is -0.0958. The molecule has 0 saturated heterocycles. The highest BCUT2D eigenvalue weighted by molar-refractivity contribution is 7.08. The van der Waals surface area contributed by atoms with Crippen LogP contribution < -0.4 is 10.1 Å². The summed E-state index contributed by atoms with van der Waals surface area (Å²) in [6.07, 6.45) is 0. The predicted octanol–water partition coefficient (Wildman–Crippen LogP) is 4.25. The molecule has 0 aliphatic rings. The number of carbonyl (C=O) groups is 1. The van der Waals surface area contributed by atoms with Crippen LogP contribution in [0.5, 0.6) is 5.75 Å². The molecule has 0 atom stereocenters. The highest BCUT2D eigenvalue weighted by atomic mass is 32.1. The number of carbonyl (C=O) groups excluding carboxylic acids is 1. The van der Waals surface area contributed by atoms with Crippen LogP contribution in [-0.2, 0) is 11.3 Å². The van der Waals surface area contributed by atoms with E-state index >= 15 is 0 Å². The summed E-state index contributed by atoms with van der Waals surface area (Å²) in [5.41, 5.74) is 3.30. The minimum absolute atomic E-state index is 0.105. The number of rotatable bonds is 6. The molecule has 1 heterocycles. The lowest BCUT2D eigenvalue weighted by Crippen LogP contribution is -2.28. The zero-order chi connectivity index (χ0) is 16.8. The van der Waals surface area contributed by atoms with Crippen molar-refractivity contribution in [1.82, 2.24) is 5.32 Å². The van der Waals surface area contributed by atoms with E-state index in [4.69, 9.17) is 4.74 Å². The van der Waals surface area contributed by atoms with E-state index in [2.05, 4.69) is 16.8 Å². The highest BCUT2D eigenvalue weighted by Gasteiger charge is 2.07. The zero-order valence-electron chi connectivity index (χ0n) is 12.9. The van der Waals surface area contributed by atoms with Gasteiger partial charge in [0.1, 0.15) is 11.6 Å². The minimum atomic E-state index is -0.336. The van der Waals surface area contributed by atoms with Crippen molar-refractivity contribution in [1.29, 1.82) is 0 Å². The maximum Gasteiger partial charge on any atom is 0.258 e. The van der Waals surface area contributed by atoms with Crippen molar-refractivity contribution in [3.63, 3.8) is 0 Å². The summed E-state index contributed by atoms with van der Waals surface area (Å²) < 4.78 is 18.2. The van der Waals surface area contributed by atoms with Crippen molar-refractivity contribution in [2.24, 2.45) is 0 Å². The Balaban J connectivity index is 1.56. The topological polar surface area (TPSA) is 38.3 Å². The Hall–Kier alpha value is -2.66. The van der Waals surface area contributed by atoms with Gasteiger partial charge in [-0.2, -0.15) is 11.3 Å². The first-order chi connectivity index (χ1) is 11.7. The molecule has 0 radical (unpaired) electrons. The third kappa shape index (κ3) is 4.20. The van der Waals surface area contributed by atoms with Crippen molar-refractivity contribution in [2.75, 3.05) is 6.61 Å². The number of hydrogen-bond donors (Lipinski definition) is 1. The van der Waals surface area contributed by atoms with Crippen LogP contribution in [0.4, 0.5) is 4.39 Å². The normalized spacial score (nSPS) is 10.4. The summed E-state index contributed by atoms with van der Waals surface area (Å²) >= 11 is 1.64. The molecular formula is C19H16FNO2S. The lowest BCUT2D eigenvalue weighted by atomic mass is 10.0. The van der Waals surface area contributed by atoms with Gasteiger partial charge in [0.25, 0.3) is 5.91 Å². The van der Waals surface area contributed by atoms with Crippen molar-refractivity contribution in [3.8, 4) is 16.9 Å². The molecule has 1 amide bonds. The van der Waals surface area contributed by atoms with Gasteiger partial charge in [-0.1, -0.05) is 24.3 Å². The van der Waals surface area contributed by atoms with Gasteiger partial charge in [0, 0.05) is 6.54 Å². The molecule has 3 aromatic rings. The second-order valence-corrected chi connectivity index (χ2v) is 5.97. The van der Waals surface area contributed by atoms with Gasteiger partial charge in [0.15, 0.2) is 6.61 Å². The Labute approximate surface area is 143 Å².